The van der Waals surface area contributed by atoms with Crippen molar-refractivity contribution in [2.24, 2.45) is 0 Å². The third-order valence-electron chi connectivity index (χ3n) is 5.32. The van der Waals surface area contributed by atoms with Gasteiger partial charge < -0.3 is 4.90 Å². The Bertz CT molecular complexity index is 1200. The molecule has 0 bridgehead atoms. The van der Waals surface area contributed by atoms with Crippen LogP contribution in [0.3, 0.4) is 0 Å². The molecule has 0 fully saturated rings. The maximum atomic E-state index is 13.4. The molecule has 1 aromatic heterocycles. The lowest BCUT2D eigenvalue weighted by molar-refractivity contribution is 0.0722. The molecule has 0 saturated heterocycles. The molecule has 4 aromatic rings. The maximum absolute atomic E-state index is 13.4. The summed E-state index contributed by atoms with van der Waals surface area (Å²) >= 11 is 0. The molecule has 0 radical (unpaired) electrons. The van der Waals surface area contributed by atoms with E-state index in [4.69, 9.17) is 0 Å². The molecule has 0 unspecified atom stereocenters. The van der Waals surface area contributed by atoms with Crippen LogP contribution < -0.4 is 0 Å². The van der Waals surface area contributed by atoms with Crippen LogP contribution in [0.25, 0.3) is 17.1 Å². The summed E-state index contributed by atoms with van der Waals surface area (Å²) in [5.41, 5.74) is 3.90. The van der Waals surface area contributed by atoms with Crippen molar-refractivity contribution in [3.8, 4) is 17.1 Å². The number of carbonyl (C=O) groups excluding carboxylic acids is 1. The number of rotatable bonds is 3. The molecule has 6 heteroatoms. The second-order valence-corrected chi connectivity index (χ2v) is 7.26. The molecule has 5 rings (SSSR count). The van der Waals surface area contributed by atoms with Gasteiger partial charge in [-0.3, -0.25) is 4.79 Å². The first-order chi connectivity index (χ1) is 14.7. The maximum Gasteiger partial charge on any atom is 0.293 e. The highest BCUT2D eigenvalue weighted by Crippen LogP contribution is 2.24. The highest BCUT2D eigenvalue weighted by atomic mass is 19.1. The van der Waals surface area contributed by atoms with Gasteiger partial charge >= 0.3 is 0 Å². The van der Waals surface area contributed by atoms with Crippen molar-refractivity contribution >= 4 is 5.91 Å². The zero-order valence-electron chi connectivity index (χ0n) is 16.2. The zero-order valence-corrected chi connectivity index (χ0v) is 16.2. The fourth-order valence-electron chi connectivity index (χ4n) is 3.75. The molecular formula is C24H19FN4O. The minimum atomic E-state index is -0.330. The van der Waals surface area contributed by atoms with E-state index in [9.17, 15) is 9.18 Å². The summed E-state index contributed by atoms with van der Waals surface area (Å²) in [6.07, 6.45) is 0.812. The number of amides is 1. The fourth-order valence-corrected chi connectivity index (χ4v) is 3.75. The normalized spacial score (nSPS) is 13.2. The Labute approximate surface area is 173 Å². The van der Waals surface area contributed by atoms with Crippen LogP contribution >= 0.6 is 0 Å². The largest absolute Gasteiger partial charge is 0.331 e. The summed E-state index contributed by atoms with van der Waals surface area (Å²) in [4.78, 5) is 19.6. The Morgan fingerprint density at radius 1 is 0.867 bits per heavy atom. The Kier molecular flexibility index (Phi) is 4.59. The van der Waals surface area contributed by atoms with Crippen molar-refractivity contribution < 1.29 is 9.18 Å². The van der Waals surface area contributed by atoms with Gasteiger partial charge in [0.15, 0.2) is 5.82 Å². The summed E-state index contributed by atoms with van der Waals surface area (Å²) in [5.74, 6) is 0.145. The van der Waals surface area contributed by atoms with Crippen LogP contribution in [-0.2, 0) is 13.0 Å². The smallest absolute Gasteiger partial charge is 0.293 e. The number of hydrogen-bond donors (Lipinski definition) is 0. The number of nitrogens with zero attached hydrogens (tertiary/aromatic N) is 4. The Morgan fingerprint density at radius 3 is 2.33 bits per heavy atom. The van der Waals surface area contributed by atoms with Crippen LogP contribution in [0.4, 0.5) is 4.39 Å². The summed E-state index contributed by atoms with van der Waals surface area (Å²) < 4.78 is 15.0. The first kappa shape index (κ1) is 18.2. The average molecular weight is 398 g/mol. The Hall–Kier alpha value is -3.80. The minimum absolute atomic E-state index is 0.137. The van der Waals surface area contributed by atoms with Gasteiger partial charge in [-0.1, -0.05) is 54.6 Å². The van der Waals surface area contributed by atoms with E-state index in [1.807, 2.05) is 42.5 Å². The predicted octanol–water partition coefficient (Wildman–Crippen LogP) is 4.27. The SMILES string of the molecule is O=C(c1nc(-c2ccccc2)n(-c2ccc(F)cc2)n1)N1CCc2ccccc2C1. The van der Waals surface area contributed by atoms with Gasteiger partial charge in [-0.15, -0.1) is 5.10 Å². The summed E-state index contributed by atoms with van der Waals surface area (Å²) in [7, 11) is 0. The third-order valence-corrected chi connectivity index (χ3v) is 5.32. The van der Waals surface area contributed by atoms with Gasteiger partial charge in [0.2, 0.25) is 5.82 Å². The fraction of sp³-hybridized carbons (Fsp3) is 0.125. The molecule has 0 spiro atoms. The monoisotopic (exact) mass is 398 g/mol. The molecule has 3 aromatic carbocycles. The molecule has 1 aliphatic rings. The summed E-state index contributed by atoms with van der Waals surface area (Å²) in [5, 5.41) is 4.51. The van der Waals surface area contributed by atoms with Crippen LogP contribution in [0.5, 0.6) is 0 Å². The number of halogens is 1. The molecule has 0 N–H and O–H groups in total. The molecule has 5 nitrogen and oxygen atoms in total. The van der Waals surface area contributed by atoms with Crippen LogP contribution in [-0.4, -0.2) is 32.1 Å². The lowest BCUT2D eigenvalue weighted by Crippen LogP contribution is -2.36. The summed E-state index contributed by atoms with van der Waals surface area (Å²) in [6, 6.07) is 23.7. The molecule has 0 aliphatic carbocycles. The Morgan fingerprint density at radius 2 is 1.57 bits per heavy atom. The number of hydrogen-bond acceptors (Lipinski definition) is 3. The topological polar surface area (TPSA) is 51.0 Å². The molecule has 2 heterocycles. The van der Waals surface area contributed by atoms with E-state index in [2.05, 4.69) is 22.2 Å². The second kappa shape index (κ2) is 7.55. The van der Waals surface area contributed by atoms with E-state index in [0.717, 1.165) is 17.5 Å². The molecule has 30 heavy (non-hydrogen) atoms. The number of benzene rings is 3. The van der Waals surface area contributed by atoms with Crippen molar-refractivity contribution in [1.82, 2.24) is 19.7 Å². The van der Waals surface area contributed by atoms with E-state index in [1.54, 1.807) is 21.7 Å². The van der Waals surface area contributed by atoms with E-state index >= 15 is 0 Å². The van der Waals surface area contributed by atoms with Crippen LogP contribution in [0.2, 0.25) is 0 Å². The molecule has 1 aliphatic heterocycles. The first-order valence-corrected chi connectivity index (χ1v) is 9.83. The number of carbonyl (C=O) groups is 1. The van der Waals surface area contributed by atoms with Gasteiger partial charge in [-0.25, -0.2) is 14.1 Å². The number of fused-ring (bicyclic) bond motifs is 1. The quantitative estimate of drug-likeness (QED) is 0.518. The highest BCUT2D eigenvalue weighted by Gasteiger charge is 2.26. The predicted molar refractivity (Wildman–Crippen MR) is 112 cm³/mol. The van der Waals surface area contributed by atoms with Crippen molar-refractivity contribution in [2.45, 2.75) is 13.0 Å². The van der Waals surface area contributed by atoms with Crippen molar-refractivity contribution in [3.05, 3.63) is 102 Å². The average Bonchev–Trinajstić information content (AvgIpc) is 3.25. The minimum Gasteiger partial charge on any atom is -0.331 e. The van der Waals surface area contributed by atoms with E-state index in [1.165, 1.54) is 17.7 Å². The van der Waals surface area contributed by atoms with Gasteiger partial charge in [0.1, 0.15) is 5.82 Å². The van der Waals surface area contributed by atoms with E-state index in [0.29, 0.717) is 24.6 Å². The van der Waals surface area contributed by atoms with Gasteiger partial charge in [-0.05, 0) is 41.8 Å². The van der Waals surface area contributed by atoms with Crippen molar-refractivity contribution in [2.75, 3.05) is 6.54 Å². The van der Waals surface area contributed by atoms with Crippen LogP contribution in [0.15, 0.2) is 78.9 Å². The second-order valence-electron chi connectivity index (χ2n) is 7.26. The molecule has 148 valence electrons. The van der Waals surface area contributed by atoms with Crippen LogP contribution in [0, 0.1) is 5.82 Å². The lowest BCUT2D eigenvalue weighted by atomic mass is 10.00. The van der Waals surface area contributed by atoms with Gasteiger partial charge in [0.05, 0.1) is 5.69 Å². The first-order valence-electron chi connectivity index (χ1n) is 9.83. The molecular weight excluding hydrogens is 379 g/mol. The Balaban J connectivity index is 1.53. The molecule has 0 atom stereocenters. The molecule has 0 saturated carbocycles. The summed E-state index contributed by atoms with van der Waals surface area (Å²) in [6.45, 7) is 1.17. The number of aromatic nitrogens is 3. The van der Waals surface area contributed by atoms with Crippen molar-refractivity contribution in [1.29, 1.82) is 0 Å². The standard InChI is InChI=1S/C24H19FN4O/c25-20-10-12-21(13-11-20)29-23(18-7-2-1-3-8-18)26-22(27-29)24(30)28-15-14-17-6-4-5-9-19(17)16-28/h1-13H,14-16H2. The third kappa shape index (κ3) is 3.37. The highest BCUT2D eigenvalue weighted by molar-refractivity contribution is 5.91. The lowest BCUT2D eigenvalue weighted by Gasteiger charge is -2.27. The van der Waals surface area contributed by atoms with E-state index in [-0.39, 0.29) is 17.5 Å². The van der Waals surface area contributed by atoms with Crippen molar-refractivity contribution in [3.63, 3.8) is 0 Å². The van der Waals surface area contributed by atoms with Crippen LogP contribution in [0.1, 0.15) is 21.7 Å². The zero-order chi connectivity index (χ0) is 20.5. The van der Waals surface area contributed by atoms with Gasteiger partial charge in [0.25, 0.3) is 5.91 Å². The molecule has 1 amide bonds. The van der Waals surface area contributed by atoms with Gasteiger partial charge in [0, 0.05) is 18.7 Å². The van der Waals surface area contributed by atoms with Gasteiger partial charge in [-0.2, -0.15) is 0 Å². The van der Waals surface area contributed by atoms with E-state index < -0.39 is 0 Å².